The summed E-state index contributed by atoms with van der Waals surface area (Å²) in [6, 6.07) is 7.89. The fraction of sp³-hybridized carbons (Fsp3) is 0.571. The Balaban J connectivity index is 2.05. The molecule has 1 aromatic rings. The van der Waals surface area contributed by atoms with Crippen molar-refractivity contribution < 1.29 is 5.11 Å². The van der Waals surface area contributed by atoms with Gasteiger partial charge in [-0.05, 0) is 59.0 Å². The molecule has 17 heavy (non-hydrogen) atoms. The molecular weight excluding hydrogens is 325 g/mol. The first kappa shape index (κ1) is 13.3. The maximum atomic E-state index is 10.4. The molecule has 1 aromatic carbocycles. The minimum atomic E-state index is -0.395. The molecule has 94 valence electrons. The van der Waals surface area contributed by atoms with Gasteiger partial charge in [-0.25, -0.2) is 0 Å². The molecule has 0 bridgehead atoms. The van der Waals surface area contributed by atoms with Gasteiger partial charge in [0.15, 0.2) is 0 Å². The van der Waals surface area contributed by atoms with Crippen molar-refractivity contribution in [3.05, 3.63) is 33.4 Å². The van der Waals surface area contributed by atoms with Gasteiger partial charge in [-0.3, -0.25) is 0 Å². The van der Waals surface area contributed by atoms with E-state index in [0.717, 1.165) is 18.4 Å². The van der Waals surface area contributed by atoms with Crippen molar-refractivity contribution in [2.45, 2.75) is 44.2 Å². The molecule has 3 heteroatoms. The van der Waals surface area contributed by atoms with Crippen molar-refractivity contribution in [1.29, 1.82) is 0 Å². The minimum Gasteiger partial charge on any atom is -0.391 e. The van der Waals surface area contributed by atoms with Crippen LogP contribution < -0.4 is 5.73 Å². The van der Waals surface area contributed by atoms with Crippen molar-refractivity contribution in [2.24, 2.45) is 11.7 Å². The molecule has 1 fully saturated rings. The van der Waals surface area contributed by atoms with E-state index in [9.17, 15) is 5.11 Å². The third-order valence-corrected chi connectivity index (χ3v) is 4.41. The number of rotatable bonds is 3. The predicted molar refractivity (Wildman–Crippen MR) is 78.7 cm³/mol. The maximum absolute atomic E-state index is 10.4. The van der Waals surface area contributed by atoms with Crippen LogP contribution in [0.1, 0.15) is 43.7 Å². The Labute approximate surface area is 117 Å². The number of aliphatic hydroxyl groups is 1. The van der Waals surface area contributed by atoms with Crippen molar-refractivity contribution >= 4 is 22.6 Å². The average molecular weight is 345 g/mol. The summed E-state index contributed by atoms with van der Waals surface area (Å²) in [5, 5.41) is 10.4. The highest BCUT2D eigenvalue weighted by molar-refractivity contribution is 14.1. The molecule has 0 radical (unpaired) electrons. The number of halogens is 1. The molecule has 0 spiro atoms. The van der Waals surface area contributed by atoms with Gasteiger partial charge in [0.25, 0.3) is 0 Å². The molecule has 0 aromatic heterocycles. The summed E-state index contributed by atoms with van der Waals surface area (Å²) < 4.78 is 1.17. The summed E-state index contributed by atoms with van der Waals surface area (Å²) in [6.45, 7) is 0. The van der Waals surface area contributed by atoms with E-state index in [1.807, 2.05) is 18.2 Å². The van der Waals surface area contributed by atoms with E-state index in [4.69, 9.17) is 5.73 Å². The molecule has 2 atom stereocenters. The molecule has 2 nitrogen and oxygen atoms in total. The highest BCUT2D eigenvalue weighted by Crippen LogP contribution is 2.31. The van der Waals surface area contributed by atoms with Crippen LogP contribution in [0, 0.1) is 9.49 Å². The lowest BCUT2D eigenvalue weighted by Gasteiger charge is -2.30. The zero-order chi connectivity index (χ0) is 12.3. The number of benzene rings is 1. The second-order valence-corrected chi connectivity index (χ2v) is 6.22. The normalized spacial score (nSPS) is 21.1. The Morgan fingerprint density at radius 1 is 1.24 bits per heavy atom. The van der Waals surface area contributed by atoms with Crippen LogP contribution in [-0.2, 0) is 0 Å². The minimum absolute atomic E-state index is 0.243. The molecule has 3 N–H and O–H groups in total. The summed E-state index contributed by atoms with van der Waals surface area (Å²) in [6.07, 6.45) is 5.63. The molecule has 1 aliphatic carbocycles. The van der Waals surface area contributed by atoms with Crippen LogP contribution in [-0.4, -0.2) is 11.2 Å². The molecule has 0 unspecified atom stereocenters. The van der Waals surface area contributed by atoms with Gasteiger partial charge in [0.2, 0.25) is 0 Å². The van der Waals surface area contributed by atoms with E-state index in [1.54, 1.807) is 0 Å². The lowest BCUT2D eigenvalue weighted by molar-refractivity contribution is 0.0618. The largest absolute Gasteiger partial charge is 0.391 e. The van der Waals surface area contributed by atoms with Gasteiger partial charge in [0.05, 0.1) is 12.1 Å². The fourth-order valence-electron chi connectivity index (χ4n) is 2.68. The topological polar surface area (TPSA) is 46.2 Å². The highest BCUT2D eigenvalue weighted by atomic mass is 127. The first-order chi connectivity index (χ1) is 8.18. The number of aliphatic hydroxyl groups excluding tert-OH is 1. The zero-order valence-corrected chi connectivity index (χ0v) is 12.1. The Morgan fingerprint density at radius 3 is 2.59 bits per heavy atom. The summed E-state index contributed by atoms with van der Waals surface area (Å²) >= 11 is 2.28. The van der Waals surface area contributed by atoms with Crippen LogP contribution in [0.3, 0.4) is 0 Å². The van der Waals surface area contributed by atoms with Gasteiger partial charge in [0.1, 0.15) is 0 Å². The number of nitrogens with two attached hydrogens (primary N) is 1. The van der Waals surface area contributed by atoms with Gasteiger partial charge < -0.3 is 10.8 Å². The van der Waals surface area contributed by atoms with Crippen LogP contribution in [0.15, 0.2) is 24.3 Å². The lowest BCUT2D eigenvalue weighted by atomic mass is 9.81. The lowest BCUT2D eigenvalue weighted by Crippen LogP contribution is -2.34. The number of hydrogen-bond acceptors (Lipinski definition) is 2. The average Bonchev–Trinajstić information content (AvgIpc) is 2.38. The van der Waals surface area contributed by atoms with Gasteiger partial charge >= 0.3 is 0 Å². The van der Waals surface area contributed by atoms with Crippen LogP contribution >= 0.6 is 22.6 Å². The quantitative estimate of drug-likeness (QED) is 0.827. The van der Waals surface area contributed by atoms with E-state index >= 15 is 0 Å². The molecular formula is C14H20INO. The Hall–Kier alpha value is -0.130. The van der Waals surface area contributed by atoms with Crippen LogP contribution in [0.5, 0.6) is 0 Å². The van der Waals surface area contributed by atoms with Gasteiger partial charge in [-0.2, -0.15) is 0 Å². The Bertz CT molecular complexity index is 363. The smallest absolute Gasteiger partial charge is 0.0760 e. The fourth-order valence-corrected chi connectivity index (χ4v) is 3.25. The molecule has 1 saturated carbocycles. The van der Waals surface area contributed by atoms with Crippen molar-refractivity contribution in [2.75, 3.05) is 0 Å². The number of hydrogen-bond donors (Lipinski definition) is 2. The van der Waals surface area contributed by atoms with Crippen molar-refractivity contribution in [3.8, 4) is 0 Å². The third-order valence-electron chi connectivity index (χ3n) is 3.73. The molecule has 0 aliphatic heterocycles. The van der Waals surface area contributed by atoms with Crippen molar-refractivity contribution in [3.63, 3.8) is 0 Å². The maximum Gasteiger partial charge on any atom is 0.0760 e. The first-order valence-corrected chi connectivity index (χ1v) is 7.45. The zero-order valence-electron chi connectivity index (χ0n) is 9.98. The first-order valence-electron chi connectivity index (χ1n) is 6.37. The summed E-state index contributed by atoms with van der Waals surface area (Å²) in [7, 11) is 0. The molecule has 0 amide bonds. The van der Waals surface area contributed by atoms with Gasteiger partial charge in [-0.1, -0.05) is 31.4 Å². The van der Waals surface area contributed by atoms with E-state index in [-0.39, 0.29) is 6.04 Å². The summed E-state index contributed by atoms with van der Waals surface area (Å²) in [4.78, 5) is 0. The SMILES string of the molecule is N[C@@H](c1cccc(I)c1)[C@H](O)C1CCCCC1. The molecule has 0 saturated heterocycles. The molecule has 0 heterocycles. The van der Waals surface area contributed by atoms with Crippen molar-refractivity contribution in [1.82, 2.24) is 0 Å². The Kier molecular flexibility index (Phi) is 4.82. The van der Waals surface area contributed by atoms with Gasteiger partial charge in [-0.15, -0.1) is 0 Å². The van der Waals surface area contributed by atoms with E-state index < -0.39 is 6.10 Å². The second kappa shape index (κ2) is 6.16. The predicted octanol–water partition coefficient (Wildman–Crippen LogP) is 3.23. The monoisotopic (exact) mass is 345 g/mol. The van der Waals surface area contributed by atoms with Gasteiger partial charge in [0, 0.05) is 3.57 Å². The Morgan fingerprint density at radius 2 is 1.94 bits per heavy atom. The third kappa shape index (κ3) is 3.42. The summed E-state index contributed by atoms with van der Waals surface area (Å²) in [5.74, 6) is 0.386. The van der Waals surface area contributed by atoms with E-state index in [1.165, 1.54) is 22.8 Å². The van der Waals surface area contributed by atoms with Crippen LogP contribution in [0.2, 0.25) is 0 Å². The molecule has 2 rings (SSSR count). The summed E-state index contributed by atoms with van der Waals surface area (Å²) in [5.41, 5.74) is 7.24. The van der Waals surface area contributed by atoms with Crippen LogP contribution in [0.25, 0.3) is 0 Å². The standard InChI is InChI=1S/C14H20INO/c15-12-8-4-7-11(9-12)13(16)14(17)10-5-2-1-3-6-10/h4,7-10,13-14,17H,1-3,5-6,16H2/t13-,14+/m0/s1. The second-order valence-electron chi connectivity index (χ2n) is 4.97. The van der Waals surface area contributed by atoms with E-state index in [0.29, 0.717) is 5.92 Å². The highest BCUT2D eigenvalue weighted by Gasteiger charge is 2.27. The molecule has 1 aliphatic rings. The van der Waals surface area contributed by atoms with Crippen LogP contribution in [0.4, 0.5) is 0 Å². The van der Waals surface area contributed by atoms with E-state index in [2.05, 4.69) is 28.7 Å².